The Morgan fingerprint density at radius 3 is 1.49 bits per heavy atom. The zero-order valence-electron chi connectivity index (χ0n) is 22.0. The van der Waals surface area contributed by atoms with Crippen LogP contribution >= 0.6 is 34.4 Å². The third-order valence-electron chi connectivity index (χ3n) is 6.43. The fourth-order valence-corrected chi connectivity index (χ4v) is 7.12. The zero-order chi connectivity index (χ0) is 31.4. The molecule has 12 nitrogen and oxygen atoms in total. The first kappa shape index (κ1) is 32.8. The van der Waals surface area contributed by atoms with Gasteiger partial charge in [0.25, 0.3) is 0 Å². The van der Waals surface area contributed by atoms with Crippen LogP contribution < -0.4 is 10.6 Å². The number of hydrogen-bond acceptors (Lipinski definition) is 11. The van der Waals surface area contributed by atoms with Crippen molar-refractivity contribution in [3.63, 3.8) is 0 Å². The first-order chi connectivity index (χ1) is 20.2. The standard InChI is InChI=1S/C22H24F6N8O4S3/c23-21(24,25)17(39)35-7-1-3-11(35)15(37)29-19-33-31-13(42-19)5-9-41-10-6-14-32-34-20(43-14)30-16(38)12-4-2-8-36(12)18(40)22(26,27)28/h11-12H,1-10H2,(H,29,33,37)(H,30,34,38)/t11-,12-/m0/s1. The van der Waals surface area contributed by atoms with E-state index in [9.17, 15) is 45.5 Å². The van der Waals surface area contributed by atoms with E-state index in [1.54, 1.807) is 11.8 Å². The van der Waals surface area contributed by atoms with Crippen LogP contribution in [-0.2, 0) is 32.0 Å². The normalized spacial score (nSPS) is 19.1. The second-order valence-corrected chi connectivity index (χ2v) is 12.8. The van der Waals surface area contributed by atoms with Gasteiger partial charge in [0.05, 0.1) is 0 Å². The van der Waals surface area contributed by atoms with Crippen molar-refractivity contribution >= 4 is 68.3 Å². The van der Waals surface area contributed by atoms with E-state index >= 15 is 0 Å². The van der Waals surface area contributed by atoms with Crippen LogP contribution in [0.1, 0.15) is 35.7 Å². The third-order valence-corrected chi connectivity index (χ3v) is 9.21. The number of thioether (sulfide) groups is 1. The fourth-order valence-electron chi connectivity index (χ4n) is 4.50. The number of alkyl halides is 6. The van der Waals surface area contributed by atoms with Gasteiger partial charge in [0, 0.05) is 25.9 Å². The van der Waals surface area contributed by atoms with Gasteiger partial charge < -0.3 is 9.80 Å². The Hall–Kier alpha value is -3.07. The second-order valence-electron chi connectivity index (χ2n) is 9.40. The topological polar surface area (TPSA) is 150 Å². The maximum atomic E-state index is 12.8. The van der Waals surface area contributed by atoms with Crippen LogP contribution in [0.4, 0.5) is 36.6 Å². The number of aromatic nitrogens is 4. The van der Waals surface area contributed by atoms with E-state index in [1.807, 2.05) is 0 Å². The molecule has 2 aromatic heterocycles. The highest BCUT2D eigenvalue weighted by Gasteiger charge is 2.49. The molecule has 2 fully saturated rings. The van der Waals surface area contributed by atoms with E-state index in [-0.39, 0.29) is 49.0 Å². The van der Waals surface area contributed by atoms with Crippen molar-refractivity contribution in [1.82, 2.24) is 30.2 Å². The van der Waals surface area contributed by atoms with Crippen molar-refractivity contribution in [3.05, 3.63) is 10.0 Å². The van der Waals surface area contributed by atoms with Gasteiger partial charge in [-0.15, -0.1) is 20.4 Å². The Balaban J connectivity index is 1.16. The fraction of sp³-hybridized carbons (Fsp3) is 0.636. The van der Waals surface area contributed by atoms with Crippen LogP contribution in [0.3, 0.4) is 0 Å². The monoisotopic (exact) mass is 674 g/mol. The quantitative estimate of drug-likeness (QED) is 0.287. The van der Waals surface area contributed by atoms with Gasteiger partial charge in [-0.05, 0) is 37.2 Å². The Labute approximate surface area is 252 Å². The minimum absolute atomic E-state index is 0.112. The molecule has 0 saturated carbocycles. The predicted molar refractivity (Wildman–Crippen MR) is 143 cm³/mol. The summed E-state index contributed by atoms with van der Waals surface area (Å²) in [6.45, 7) is -0.316. The number of amides is 4. The molecule has 2 saturated heterocycles. The summed E-state index contributed by atoms with van der Waals surface area (Å²) < 4.78 is 76.8. The number of carbonyl (C=O) groups excluding carboxylic acids is 4. The molecule has 0 aliphatic carbocycles. The van der Waals surface area contributed by atoms with E-state index < -0.39 is 48.1 Å². The molecule has 43 heavy (non-hydrogen) atoms. The molecule has 0 bridgehead atoms. The lowest BCUT2D eigenvalue weighted by molar-refractivity contribution is -0.186. The number of rotatable bonds is 10. The summed E-state index contributed by atoms with van der Waals surface area (Å²) in [7, 11) is 0. The van der Waals surface area contributed by atoms with Crippen molar-refractivity contribution in [1.29, 1.82) is 0 Å². The van der Waals surface area contributed by atoms with Crippen molar-refractivity contribution in [2.75, 3.05) is 35.2 Å². The number of nitrogens with one attached hydrogen (secondary N) is 2. The lowest BCUT2D eigenvalue weighted by atomic mass is 10.2. The molecule has 2 aliphatic heterocycles. The maximum absolute atomic E-state index is 12.8. The highest BCUT2D eigenvalue weighted by molar-refractivity contribution is 7.99. The van der Waals surface area contributed by atoms with E-state index in [4.69, 9.17) is 0 Å². The molecule has 0 unspecified atom stereocenters. The molecule has 0 radical (unpaired) electrons. The number of aryl methyl sites for hydroxylation is 2. The predicted octanol–water partition coefficient (Wildman–Crippen LogP) is 2.89. The van der Waals surface area contributed by atoms with Crippen molar-refractivity contribution in [3.8, 4) is 0 Å². The molecule has 236 valence electrons. The molecular formula is C22H24F6N8O4S3. The Morgan fingerprint density at radius 1 is 0.721 bits per heavy atom. The van der Waals surface area contributed by atoms with E-state index in [2.05, 4.69) is 31.0 Å². The minimum Gasteiger partial charge on any atom is -0.323 e. The van der Waals surface area contributed by atoms with Gasteiger partial charge in [0.1, 0.15) is 22.1 Å². The lowest BCUT2D eigenvalue weighted by Crippen LogP contribution is -2.48. The summed E-state index contributed by atoms with van der Waals surface area (Å²) in [4.78, 5) is 49.2. The second kappa shape index (κ2) is 13.7. The summed E-state index contributed by atoms with van der Waals surface area (Å²) in [6.07, 6.45) is -8.36. The Bertz CT molecular complexity index is 1240. The lowest BCUT2D eigenvalue weighted by Gasteiger charge is -2.24. The molecule has 21 heteroatoms. The molecule has 2 atom stereocenters. The van der Waals surface area contributed by atoms with E-state index in [0.29, 0.717) is 44.2 Å². The van der Waals surface area contributed by atoms with Crippen molar-refractivity contribution < 1.29 is 45.5 Å². The maximum Gasteiger partial charge on any atom is 0.471 e. The minimum atomic E-state index is -5.06. The van der Waals surface area contributed by atoms with Crippen molar-refractivity contribution in [2.24, 2.45) is 0 Å². The average molecular weight is 675 g/mol. The van der Waals surface area contributed by atoms with Gasteiger partial charge in [-0.1, -0.05) is 22.7 Å². The number of nitrogens with zero attached hydrogens (tertiary/aromatic N) is 6. The number of halogens is 6. The zero-order valence-corrected chi connectivity index (χ0v) is 24.5. The number of hydrogen-bond donors (Lipinski definition) is 2. The van der Waals surface area contributed by atoms with Crippen LogP contribution in [0.5, 0.6) is 0 Å². The molecule has 2 aromatic rings. The van der Waals surface area contributed by atoms with Gasteiger partial charge in [0.2, 0.25) is 22.1 Å². The molecular weight excluding hydrogens is 650 g/mol. The third kappa shape index (κ3) is 8.52. The molecule has 2 N–H and O–H groups in total. The van der Waals surface area contributed by atoms with Crippen LogP contribution in [0.15, 0.2) is 0 Å². The number of carbonyl (C=O) groups is 4. The first-order valence-electron chi connectivity index (χ1n) is 12.8. The highest BCUT2D eigenvalue weighted by Crippen LogP contribution is 2.29. The number of anilines is 2. The Morgan fingerprint density at radius 2 is 1.12 bits per heavy atom. The van der Waals surface area contributed by atoms with Crippen LogP contribution in [0.25, 0.3) is 0 Å². The summed E-state index contributed by atoms with van der Waals surface area (Å²) in [5, 5.41) is 21.9. The smallest absolute Gasteiger partial charge is 0.323 e. The molecule has 0 aromatic carbocycles. The summed E-state index contributed by atoms with van der Waals surface area (Å²) >= 11 is 3.69. The van der Waals surface area contributed by atoms with Gasteiger partial charge >= 0.3 is 24.2 Å². The molecule has 4 rings (SSSR count). The average Bonchev–Trinajstić information content (AvgIpc) is 3.74. The van der Waals surface area contributed by atoms with Crippen LogP contribution in [0.2, 0.25) is 0 Å². The van der Waals surface area contributed by atoms with Gasteiger partial charge in [0.15, 0.2) is 0 Å². The van der Waals surface area contributed by atoms with Gasteiger partial charge in [-0.25, -0.2) is 0 Å². The SMILES string of the molecule is O=C(Nc1nnc(CCSCCc2nnc(NC(=O)[C@@H]3CCCN3C(=O)C(F)(F)F)s2)s1)[C@@H]1CCCN1C(=O)C(F)(F)F. The summed E-state index contributed by atoms with van der Waals surface area (Å²) in [6, 6.07) is -2.47. The van der Waals surface area contributed by atoms with Crippen molar-refractivity contribution in [2.45, 2.75) is 63.0 Å². The first-order valence-corrected chi connectivity index (χ1v) is 15.6. The van der Waals surface area contributed by atoms with Gasteiger partial charge in [-0.2, -0.15) is 38.1 Å². The van der Waals surface area contributed by atoms with E-state index in [1.165, 1.54) is 0 Å². The number of likely N-dealkylation sites (tertiary alicyclic amines) is 2. The van der Waals surface area contributed by atoms with Gasteiger partial charge in [-0.3, -0.25) is 29.8 Å². The van der Waals surface area contributed by atoms with E-state index in [0.717, 1.165) is 22.7 Å². The molecule has 4 amide bonds. The Kier molecular flexibility index (Phi) is 10.5. The molecule has 4 heterocycles. The van der Waals surface area contributed by atoms with Crippen LogP contribution in [-0.4, -0.2) is 103 Å². The molecule has 0 spiro atoms. The summed E-state index contributed by atoms with van der Waals surface area (Å²) in [5.74, 6) is -4.37. The largest absolute Gasteiger partial charge is 0.471 e. The van der Waals surface area contributed by atoms with Crippen LogP contribution in [0, 0.1) is 0 Å². The highest BCUT2D eigenvalue weighted by atomic mass is 32.2. The molecule has 2 aliphatic rings. The summed E-state index contributed by atoms with van der Waals surface area (Å²) in [5.41, 5.74) is 0.